The Morgan fingerprint density at radius 1 is 1.31 bits per heavy atom. The molecule has 2 aliphatic heterocycles. The minimum Gasteiger partial charge on any atom is -0.350 e. The van der Waals surface area contributed by atoms with Gasteiger partial charge in [0.05, 0.1) is 13.2 Å². The van der Waals surface area contributed by atoms with Gasteiger partial charge in [0.1, 0.15) is 12.7 Å². The highest BCUT2D eigenvalue weighted by Gasteiger charge is 2.32. The Labute approximate surface area is 151 Å². The lowest BCUT2D eigenvalue weighted by atomic mass is 9.98. The highest BCUT2D eigenvalue weighted by atomic mass is 16.7. The normalized spacial score (nSPS) is 21.1. The maximum Gasteiger partial charge on any atom is 0.317 e. The van der Waals surface area contributed by atoms with Crippen molar-refractivity contribution in [1.29, 1.82) is 0 Å². The van der Waals surface area contributed by atoms with Crippen molar-refractivity contribution in [2.24, 2.45) is 5.92 Å². The van der Waals surface area contributed by atoms with Gasteiger partial charge in [-0.1, -0.05) is 6.07 Å². The molecule has 26 heavy (non-hydrogen) atoms. The molecule has 1 N–H and O–H groups in total. The van der Waals surface area contributed by atoms with E-state index >= 15 is 0 Å². The van der Waals surface area contributed by atoms with E-state index in [-0.39, 0.29) is 18.2 Å². The van der Waals surface area contributed by atoms with E-state index in [0.29, 0.717) is 32.1 Å². The Morgan fingerprint density at radius 2 is 2.19 bits per heavy atom. The number of carbonyl (C=O) groups excluding carboxylic acids is 1. The summed E-state index contributed by atoms with van der Waals surface area (Å²) in [6, 6.07) is 3.71. The molecule has 2 aliphatic rings. The fraction of sp³-hybridized carbons (Fsp3) is 0.529. The van der Waals surface area contributed by atoms with Gasteiger partial charge >= 0.3 is 6.03 Å². The summed E-state index contributed by atoms with van der Waals surface area (Å²) in [6.07, 6.45) is 6.62. The fourth-order valence-corrected chi connectivity index (χ4v) is 3.34. The molecule has 1 atom stereocenters. The van der Waals surface area contributed by atoms with Gasteiger partial charge in [-0.25, -0.2) is 19.4 Å². The summed E-state index contributed by atoms with van der Waals surface area (Å²) >= 11 is 0. The summed E-state index contributed by atoms with van der Waals surface area (Å²) in [5, 5.41) is 7.00. The van der Waals surface area contributed by atoms with Crippen LogP contribution in [0.1, 0.15) is 18.4 Å². The van der Waals surface area contributed by atoms with Gasteiger partial charge in [0.25, 0.3) is 0 Å². The molecular weight excluding hydrogens is 336 g/mol. The molecule has 4 rings (SSSR count). The zero-order valence-electron chi connectivity index (χ0n) is 14.5. The molecule has 2 saturated heterocycles. The van der Waals surface area contributed by atoms with E-state index in [4.69, 9.17) is 9.47 Å². The Morgan fingerprint density at radius 3 is 2.92 bits per heavy atom. The number of pyridine rings is 1. The van der Waals surface area contributed by atoms with Crippen LogP contribution < -0.4 is 5.32 Å². The third kappa shape index (κ3) is 3.83. The smallest absolute Gasteiger partial charge is 0.317 e. The van der Waals surface area contributed by atoms with Crippen LogP contribution in [0, 0.1) is 5.92 Å². The summed E-state index contributed by atoms with van der Waals surface area (Å²) in [5.74, 6) is 0.939. The number of hydrogen-bond donors (Lipinski definition) is 1. The van der Waals surface area contributed by atoms with Crippen molar-refractivity contribution in [2.45, 2.75) is 25.7 Å². The van der Waals surface area contributed by atoms with Crippen molar-refractivity contribution < 1.29 is 14.3 Å². The van der Waals surface area contributed by atoms with E-state index in [1.807, 2.05) is 17.0 Å². The average molecular weight is 358 g/mol. The van der Waals surface area contributed by atoms with Crippen molar-refractivity contribution in [3.05, 3.63) is 36.5 Å². The van der Waals surface area contributed by atoms with Gasteiger partial charge in [0, 0.05) is 31.7 Å². The third-order valence-electron chi connectivity index (χ3n) is 4.68. The lowest BCUT2D eigenvalue weighted by Gasteiger charge is -2.34. The molecule has 0 bridgehead atoms. The number of ether oxygens (including phenoxy) is 2. The van der Waals surface area contributed by atoms with Gasteiger partial charge in [-0.05, 0) is 24.5 Å². The second-order valence-corrected chi connectivity index (χ2v) is 6.48. The standard InChI is InChI=1S/C17H22N6O3/c24-17(22-5-1-2-14(10-22)16-25-6-7-26-16)20-9-13-3-4-15(19-8-13)23-12-18-11-21-23/h3-4,8,11-12,14,16H,1-2,5-7,9-10H2,(H,20,24). The van der Waals surface area contributed by atoms with E-state index in [9.17, 15) is 4.79 Å². The quantitative estimate of drug-likeness (QED) is 0.875. The molecule has 0 radical (unpaired) electrons. The predicted molar refractivity (Wildman–Crippen MR) is 91.4 cm³/mol. The molecule has 0 aliphatic carbocycles. The Bertz CT molecular complexity index is 715. The van der Waals surface area contributed by atoms with Crippen LogP contribution in [-0.4, -0.2) is 63.3 Å². The summed E-state index contributed by atoms with van der Waals surface area (Å²) in [5.41, 5.74) is 0.929. The monoisotopic (exact) mass is 358 g/mol. The van der Waals surface area contributed by atoms with Crippen molar-refractivity contribution in [3.63, 3.8) is 0 Å². The molecule has 138 valence electrons. The molecule has 0 spiro atoms. The molecule has 0 saturated carbocycles. The summed E-state index contributed by atoms with van der Waals surface area (Å²) < 4.78 is 12.8. The van der Waals surface area contributed by atoms with Gasteiger partial charge in [-0.2, -0.15) is 5.10 Å². The molecule has 4 heterocycles. The van der Waals surface area contributed by atoms with Crippen LogP contribution in [0.25, 0.3) is 5.82 Å². The minimum absolute atomic E-state index is 0.0620. The number of urea groups is 1. The topological polar surface area (TPSA) is 94.4 Å². The highest BCUT2D eigenvalue weighted by Crippen LogP contribution is 2.24. The Balaban J connectivity index is 1.29. The van der Waals surface area contributed by atoms with Crippen LogP contribution in [0.2, 0.25) is 0 Å². The zero-order chi connectivity index (χ0) is 17.8. The third-order valence-corrected chi connectivity index (χ3v) is 4.68. The van der Waals surface area contributed by atoms with E-state index in [1.54, 1.807) is 17.2 Å². The van der Waals surface area contributed by atoms with Gasteiger partial charge in [-0.15, -0.1) is 0 Å². The second-order valence-electron chi connectivity index (χ2n) is 6.48. The van der Waals surface area contributed by atoms with Crippen LogP contribution in [0.4, 0.5) is 4.79 Å². The van der Waals surface area contributed by atoms with Crippen molar-refractivity contribution in [1.82, 2.24) is 30.0 Å². The van der Waals surface area contributed by atoms with Crippen LogP contribution >= 0.6 is 0 Å². The molecular formula is C17H22N6O3. The van der Waals surface area contributed by atoms with Gasteiger partial charge < -0.3 is 19.7 Å². The first-order valence-corrected chi connectivity index (χ1v) is 8.85. The average Bonchev–Trinajstić information content (AvgIpc) is 3.40. The van der Waals surface area contributed by atoms with Crippen molar-refractivity contribution >= 4 is 6.03 Å². The van der Waals surface area contributed by atoms with Crippen LogP contribution in [0.3, 0.4) is 0 Å². The maximum atomic E-state index is 12.5. The van der Waals surface area contributed by atoms with Gasteiger partial charge in [0.2, 0.25) is 0 Å². The van der Waals surface area contributed by atoms with E-state index in [0.717, 1.165) is 24.9 Å². The number of amides is 2. The largest absolute Gasteiger partial charge is 0.350 e. The predicted octanol–water partition coefficient (Wildman–Crippen LogP) is 0.957. The number of nitrogens with zero attached hydrogens (tertiary/aromatic N) is 5. The van der Waals surface area contributed by atoms with E-state index in [2.05, 4.69) is 20.4 Å². The number of carbonyl (C=O) groups is 1. The molecule has 9 heteroatoms. The molecule has 2 aromatic rings. The SMILES string of the molecule is O=C(NCc1ccc(-n2cncn2)nc1)N1CCCC(C2OCCO2)C1. The molecule has 2 fully saturated rings. The van der Waals surface area contributed by atoms with Crippen molar-refractivity contribution in [2.75, 3.05) is 26.3 Å². The molecule has 9 nitrogen and oxygen atoms in total. The molecule has 2 aromatic heterocycles. The first kappa shape index (κ1) is 16.9. The van der Waals surface area contributed by atoms with E-state index < -0.39 is 0 Å². The number of hydrogen-bond acceptors (Lipinski definition) is 6. The number of aromatic nitrogens is 4. The molecule has 0 aromatic carbocycles. The number of likely N-dealkylation sites (tertiary alicyclic amines) is 1. The first-order valence-electron chi connectivity index (χ1n) is 8.85. The number of piperidine rings is 1. The van der Waals surface area contributed by atoms with Crippen LogP contribution in [-0.2, 0) is 16.0 Å². The lowest BCUT2D eigenvalue weighted by Crippen LogP contribution is -2.47. The maximum absolute atomic E-state index is 12.5. The summed E-state index contributed by atoms with van der Waals surface area (Å²) in [6.45, 7) is 3.15. The fourth-order valence-electron chi connectivity index (χ4n) is 3.34. The van der Waals surface area contributed by atoms with Crippen LogP contribution in [0.5, 0.6) is 0 Å². The molecule has 1 unspecified atom stereocenters. The second kappa shape index (κ2) is 7.79. The van der Waals surface area contributed by atoms with Crippen LogP contribution in [0.15, 0.2) is 31.0 Å². The number of rotatable bonds is 4. The minimum atomic E-state index is -0.167. The lowest BCUT2D eigenvalue weighted by molar-refractivity contribution is -0.0963. The molecule has 2 amide bonds. The van der Waals surface area contributed by atoms with Crippen molar-refractivity contribution in [3.8, 4) is 5.82 Å². The summed E-state index contributed by atoms with van der Waals surface area (Å²) in [4.78, 5) is 22.6. The first-order chi connectivity index (χ1) is 12.8. The number of nitrogens with one attached hydrogen (secondary N) is 1. The Kier molecular flexibility index (Phi) is 5.07. The van der Waals surface area contributed by atoms with Gasteiger partial charge in [0.15, 0.2) is 12.1 Å². The summed E-state index contributed by atoms with van der Waals surface area (Å²) in [7, 11) is 0. The van der Waals surface area contributed by atoms with Gasteiger partial charge in [-0.3, -0.25) is 0 Å². The Hall–Kier alpha value is -2.52. The highest BCUT2D eigenvalue weighted by molar-refractivity contribution is 5.74. The zero-order valence-corrected chi connectivity index (χ0v) is 14.5. The van der Waals surface area contributed by atoms with E-state index in [1.165, 1.54) is 6.33 Å².